The number of halogens is 1. The van der Waals surface area contributed by atoms with Crippen LogP contribution in [0.4, 0.5) is 4.39 Å². The molecule has 12 heteroatoms. The lowest BCUT2D eigenvalue weighted by molar-refractivity contribution is -0.133. The van der Waals surface area contributed by atoms with Crippen molar-refractivity contribution in [1.29, 1.82) is 0 Å². The van der Waals surface area contributed by atoms with E-state index in [1.54, 1.807) is 30.8 Å². The predicted octanol–water partition coefficient (Wildman–Crippen LogP) is 3.44. The third-order valence-electron chi connectivity index (χ3n) is 9.18. The molecule has 5 aromatic rings. The maximum absolute atomic E-state index is 14.4. The second-order valence-electron chi connectivity index (χ2n) is 12.4. The predicted molar refractivity (Wildman–Crippen MR) is 169 cm³/mol. The fraction of sp³-hybridized carbons (Fsp3) is 0.394. The topological polar surface area (TPSA) is 116 Å². The number of piperidine rings is 1. The fourth-order valence-corrected chi connectivity index (χ4v) is 6.94. The highest BCUT2D eigenvalue weighted by Gasteiger charge is 2.33. The van der Waals surface area contributed by atoms with E-state index in [1.165, 1.54) is 10.5 Å². The molecule has 0 saturated carbocycles. The molecule has 7 rings (SSSR count). The van der Waals surface area contributed by atoms with E-state index < -0.39 is 12.2 Å². The van der Waals surface area contributed by atoms with Crippen molar-refractivity contribution in [1.82, 2.24) is 33.7 Å². The molecule has 2 aliphatic heterocycles. The molecule has 2 aromatic carbocycles. The van der Waals surface area contributed by atoms with E-state index in [9.17, 15) is 14.0 Å². The monoisotopic (exact) mass is 612 g/mol. The van der Waals surface area contributed by atoms with Crippen molar-refractivity contribution in [3.63, 3.8) is 0 Å². The minimum Gasteiger partial charge on any atom is -0.494 e. The van der Waals surface area contributed by atoms with E-state index in [1.807, 2.05) is 31.4 Å². The van der Waals surface area contributed by atoms with Crippen molar-refractivity contribution in [2.24, 2.45) is 19.8 Å². The first-order chi connectivity index (χ1) is 21.6. The maximum atomic E-state index is 14.4. The summed E-state index contributed by atoms with van der Waals surface area (Å²) >= 11 is 0. The van der Waals surface area contributed by atoms with Crippen LogP contribution in [0.1, 0.15) is 40.7 Å². The van der Waals surface area contributed by atoms with Crippen LogP contribution in [0.2, 0.25) is 0 Å². The number of hydrogen-bond donors (Lipinski definition) is 1. The number of fused-ring (bicyclic) bond motifs is 2. The highest BCUT2D eigenvalue weighted by Crippen LogP contribution is 2.38. The highest BCUT2D eigenvalue weighted by molar-refractivity contribution is 6.00. The summed E-state index contributed by atoms with van der Waals surface area (Å²) in [5.74, 6) is 1.26. The Morgan fingerprint density at radius 1 is 1.07 bits per heavy atom. The standard InChI is InChI=1S/C33H37FN8O3/c1-19(43)40-15-23(16-40)26-7-5-6-21-9-28(39(3)30(21)26)32-37-27-8-22(33(44)41-17-24(34)11-25(35)18-41)10-29(45-4)31(27)42(32)14-20-12-36-38(2)13-20/h5-10,12-13,23-25H,11,14-18,35H2,1-4H3/t24?,25-/m1/s1. The van der Waals surface area contributed by atoms with E-state index in [0.717, 1.165) is 27.7 Å². The molecule has 2 N–H and O–H groups in total. The van der Waals surface area contributed by atoms with Gasteiger partial charge in [-0.2, -0.15) is 5.10 Å². The number of methoxy groups -OCH3 is 1. The van der Waals surface area contributed by atoms with Gasteiger partial charge in [-0.1, -0.05) is 18.2 Å². The van der Waals surface area contributed by atoms with Crippen LogP contribution in [-0.2, 0) is 25.4 Å². The van der Waals surface area contributed by atoms with E-state index in [2.05, 4.69) is 38.5 Å². The summed E-state index contributed by atoms with van der Waals surface area (Å²) in [5, 5.41) is 5.45. The molecule has 2 amide bonds. The zero-order valence-corrected chi connectivity index (χ0v) is 25.9. The van der Waals surface area contributed by atoms with Gasteiger partial charge in [0.1, 0.15) is 17.4 Å². The number of aromatic nitrogens is 5. The first-order valence-corrected chi connectivity index (χ1v) is 15.2. The molecule has 1 unspecified atom stereocenters. The van der Waals surface area contributed by atoms with Crippen molar-refractivity contribution >= 4 is 33.8 Å². The van der Waals surface area contributed by atoms with Crippen molar-refractivity contribution in [2.45, 2.75) is 38.0 Å². The summed E-state index contributed by atoms with van der Waals surface area (Å²) in [6, 6.07) is 11.5. The van der Waals surface area contributed by atoms with Gasteiger partial charge < -0.3 is 29.4 Å². The van der Waals surface area contributed by atoms with Crippen LogP contribution >= 0.6 is 0 Å². The number of para-hydroxylation sites is 1. The third-order valence-corrected chi connectivity index (χ3v) is 9.18. The normalized spacial score (nSPS) is 19.0. The summed E-state index contributed by atoms with van der Waals surface area (Å²) in [6.07, 6.45) is 2.88. The number of aryl methyl sites for hydroxylation is 2. The minimum absolute atomic E-state index is 0.0109. The number of rotatable bonds is 6. The second-order valence-corrected chi connectivity index (χ2v) is 12.4. The number of carbonyl (C=O) groups is 2. The van der Waals surface area contributed by atoms with Crippen LogP contribution in [0.25, 0.3) is 33.5 Å². The van der Waals surface area contributed by atoms with Gasteiger partial charge in [0.15, 0.2) is 5.82 Å². The SMILES string of the molecule is COc1cc(C(=O)N2CC(F)C[C@@H](N)C2)cc2nc(-c3cc4cccc(C5CN(C(C)=O)C5)c4n3C)n(Cc3cnn(C)c3)c12. The number of benzene rings is 2. The zero-order valence-electron chi connectivity index (χ0n) is 25.9. The highest BCUT2D eigenvalue weighted by atomic mass is 19.1. The fourth-order valence-electron chi connectivity index (χ4n) is 6.94. The Morgan fingerprint density at radius 3 is 2.56 bits per heavy atom. The summed E-state index contributed by atoms with van der Waals surface area (Å²) < 4.78 is 26.3. The molecule has 5 heterocycles. The minimum atomic E-state index is -1.16. The van der Waals surface area contributed by atoms with Crippen LogP contribution in [0.5, 0.6) is 5.75 Å². The summed E-state index contributed by atoms with van der Waals surface area (Å²) in [5.41, 5.74) is 11.9. The summed E-state index contributed by atoms with van der Waals surface area (Å²) in [7, 11) is 5.49. The Hall–Kier alpha value is -4.71. The number of nitrogens with zero attached hydrogens (tertiary/aromatic N) is 7. The van der Waals surface area contributed by atoms with Gasteiger partial charge in [-0.25, -0.2) is 9.37 Å². The molecular weight excluding hydrogens is 575 g/mol. The van der Waals surface area contributed by atoms with Gasteiger partial charge in [-0.15, -0.1) is 0 Å². The van der Waals surface area contributed by atoms with Crippen molar-refractivity contribution < 1.29 is 18.7 Å². The number of carbonyl (C=O) groups excluding carboxylic acids is 2. The van der Waals surface area contributed by atoms with Crippen LogP contribution in [0, 0.1) is 0 Å². The molecule has 0 aliphatic carbocycles. The van der Waals surface area contributed by atoms with Crippen LogP contribution in [0.3, 0.4) is 0 Å². The molecule has 0 bridgehead atoms. The number of nitrogens with two attached hydrogens (primary N) is 1. The Balaban J connectivity index is 1.37. The zero-order chi connectivity index (χ0) is 31.6. The average Bonchev–Trinajstić information content (AvgIpc) is 3.65. The van der Waals surface area contributed by atoms with E-state index in [-0.39, 0.29) is 30.7 Å². The number of imidazole rings is 1. The Morgan fingerprint density at radius 2 is 1.87 bits per heavy atom. The quantitative estimate of drug-likeness (QED) is 0.314. The largest absolute Gasteiger partial charge is 0.494 e. The van der Waals surface area contributed by atoms with Gasteiger partial charge >= 0.3 is 0 Å². The molecule has 2 aliphatic rings. The van der Waals surface area contributed by atoms with Gasteiger partial charge in [0.25, 0.3) is 5.91 Å². The first-order valence-electron chi connectivity index (χ1n) is 15.2. The first kappa shape index (κ1) is 29.0. The van der Waals surface area contributed by atoms with Gasteiger partial charge in [0.2, 0.25) is 5.91 Å². The lowest BCUT2D eigenvalue weighted by Crippen LogP contribution is -2.50. The number of likely N-dealkylation sites (tertiary alicyclic amines) is 2. The van der Waals surface area contributed by atoms with E-state index >= 15 is 0 Å². The Labute approximate surface area is 259 Å². The molecule has 2 saturated heterocycles. The third kappa shape index (κ3) is 5.02. The van der Waals surface area contributed by atoms with Gasteiger partial charge in [-0.05, 0) is 30.2 Å². The van der Waals surface area contributed by atoms with E-state index in [4.69, 9.17) is 15.5 Å². The Kier molecular flexibility index (Phi) is 7.11. The lowest BCUT2D eigenvalue weighted by Gasteiger charge is -2.39. The molecule has 11 nitrogen and oxygen atoms in total. The van der Waals surface area contributed by atoms with Crippen molar-refractivity contribution in [3.05, 3.63) is 65.5 Å². The van der Waals surface area contributed by atoms with Gasteiger partial charge in [0, 0.05) is 75.3 Å². The maximum Gasteiger partial charge on any atom is 0.254 e. The molecule has 2 atom stereocenters. The van der Waals surface area contributed by atoms with Crippen LogP contribution < -0.4 is 10.5 Å². The molecule has 45 heavy (non-hydrogen) atoms. The smallest absolute Gasteiger partial charge is 0.254 e. The van der Waals surface area contributed by atoms with Crippen LogP contribution in [-0.4, -0.2) is 91.0 Å². The van der Waals surface area contributed by atoms with Crippen molar-refractivity contribution in [2.75, 3.05) is 33.3 Å². The second kappa shape index (κ2) is 11.0. The van der Waals surface area contributed by atoms with Crippen LogP contribution in [0.15, 0.2) is 48.8 Å². The molecular formula is C33H37FN8O3. The van der Waals surface area contributed by atoms with E-state index in [0.29, 0.717) is 48.8 Å². The molecule has 0 spiro atoms. The molecule has 2 fully saturated rings. The van der Waals surface area contributed by atoms with Crippen molar-refractivity contribution in [3.8, 4) is 17.3 Å². The summed E-state index contributed by atoms with van der Waals surface area (Å²) in [6.45, 7) is 3.79. The Bertz CT molecular complexity index is 1940. The lowest BCUT2D eigenvalue weighted by atomic mass is 9.90. The molecule has 234 valence electrons. The number of alkyl halides is 1. The van der Waals surface area contributed by atoms with Gasteiger partial charge in [-0.3, -0.25) is 14.3 Å². The number of hydrogen-bond acceptors (Lipinski definition) is 6. The molecule has 0 radical (unpaired) electrons. The van der Waals surface area contributed by atoms with Gasteiger partial charge in [0.05, 0.1) is 43.1 Å². The summed E-state index contributed by atoms with van der Waals surface area (Å²) in [4.78, 5) is 33.9. The average molecular weight is 613 g/mol. The number of amides is 2. The molecule has 3 aromatic heterocycles. The number of ether oxygens (including phenoxy) is 1.